The number of benzene rings is 1. The van der Waals surface area contributed by atoms with Gasteiger partial charge < -0.3 is 5.32 Å². The Morgan fingerprint density at radius 2 is 1.83 bits per heavy atom. The first-order chi connectivity index (χ1) is 8.72. The van der Waals surface area contributed by atoms with Gasteiger partial charge in [-0.3, -0.25) is 0 Å². The molecule has 4 nitrogen and oxygen atoms in total. The highest BCUT2D eigenvalue weighted by Gasteiger charge is 2.25. The van der Waals surface area contributed by atoms with Crippen LogP contribution in [0.15, 0.2) is 24.3 Å². The molecule has 1 aliphatic carbocycles. The van der Waals surface area contributed by atoms with E-state index in [1.807, 2.05) is 0 Å². The molecule has 18 heavy (non-hydrogen) atoms. The molecule has 0 aliphatic heterocycles. The molecule has 1 aliphatic rings. The van der Waals surface area contributed by atoms with E-state index >= 15 is 0 Å². The van der Waals surface area contributed by atoms with Gasteiger partial charge in [-0.2, -0.15) is 15.0 Å². The van der Waals surface area contributed by atoms with Gasteiger partial charge in [-0.05, 0) is 40.7 Å². The molecule has 1 unspecified atom stereocenters. The maximum Gasteiger partial charge on any atom is 0.228 e. The summed E-state index contributed by atoms with van der Waals surface area (Å²) in [5, 5.41) is 3.34. The van der Waals surface area contributed by atoms with Gasteiger partial charge in [0.25, 0.3) is 0 Å². The molecule has 0 bridgehead atoms. The van der Waals surface area contributed by atoms with Crippen LogP contribution in [0.3, 0.4) is 0 Å². The summed E-state index contributed by atoms with van der Waals surface area (Å²) in [6.45, 7) is 0.772. The van der Waals surface area contributed by atoms with Crippen LogP contribution in [0.25, 0.3) is 0 Å². The minimum atomic E-state index is 0.103. The summed E-state index contributed by atoms with van der Waals surface area (Å²) in [6.07, 6.45) is 1.08. The van der Waals surface area contributed by atoms with Gasteiger partial charge in [-0.25, -0.2) is 0 Å². The van der Waals surface area contributed by atoms with Crippen molar-refractivity contribution in [3.63, 3.8) is 0 Å². The molecule has 6 heteroatoms. The van der Waals surface area contributed by atoms with Crippen LogP contribution in [0.5, 0.6) is 0 Å². The normalized spacial score (nSPS) is 16.9. The van der Waals surface area contributed by atoms with Gasteiger partial charge in [0.2, 0.25) is 16.5 Å². The van der Waals surface area contributed by atoms with Gasteiger partial charge >= 0.3 is 0 Å². The number of rotatable bonds is 3. The first kappa shape index (κ1) is 11.7. The fourth-order valence-corrected chi connectivity index (χ4v) is 2.53. The SMILES string of the molecule is Clc1nc(Cl)nc(NCC2Cc3ccccc32)n1. The first-order valence-electron chi connectivity index (χ1n) is 5.61. The molecule has 3 rings (SSSR count). The molecule has 1 aromatic carbocycles. The fourth-order valence-electron chi connectivity index (χ4n) is 2.16. The summed E-state index contributed by atoms with van der Waals surface area (Å²) in [6, 6.07) is 8.43. The standard InChI is InChI=1S/C12H10Cl2N4/c13-10-16-11(14)18-12(17-10)15-6-8-5-7-3-1-2-4-9(7)8/h1-4,8H,5-6H2,(H,15,16,17,18). The van der Waals surface area contributed by atoms with Gasteiger partial charge in [0.15, 0.2) is 0 Å². The lowest BCUT2D eigenvalue weighted by atomic mass is 9.78. The number of hydrogen-bond donors (Lipinski definition) is 1. The van der Waals surface area contributed by atoms with Crippen LogP contribution in [-0.2, 0) is 6.42 Å². The van der Waals surface area contributed by atoms with Crippen molar-refractivity contribution in [3.05, 3.63) is 46.0 Å². The van der Waals surface area contributed by atoms with Crippen molar-refractivity contribution in [2.24, 2.45) is 0 Å². The zero-order valence-corrected chi connectivity index (χ0v) is 10.9. The minimum Gasteiger partial charge on any atom is -0.353 e. The molecule has 0 saturated heterocycles. The lowest BCUT2D eigenvalue weighted by Crippen LogP contribution is -2.24. The summed E-state index contributed by atoms with van der Waals surface area (Å²) in [7, 11) is 0. The Morgan fingerprint density at radius 1 is 1.11 bits per heavy atom. The third-order valence-electron chi connectivity index (χ3n) is 3.05. The number of nitrogens with zero attached hydrogens (tertiary/aromatic N) is 3. The largest absolute Gasteiger partial charge is 0.353 e. The number of fused-ring (bicyclic) bond motifs is 1. The summed E-state index contributed by atoms with van der Waals surface area (Å²) >= 11 is 11.4. The average molecular weight is 281 g/mol. The van der Waals surface area contributed by atoms with Crippen molar-refractivity contribution < 1.29 is 0 Å². The summed E-state index contributed by atoms with van der Waals surface area (Å²) in [5.74, 6) is 0.917. The van der Waals surface area contributed by atoms with Crippen LogP contribution >= 0.6 is 23.2 Å². The Balaban J connectivity index is 1.66. The second-order valence-corrected chi connectivity index (χ2v) is 4.85. The first-order valence-corrected chi connectivity index (χ1v) is 6.37. The fraction of sp³-hybridized carbons (Fsp3) is 0.250. The summed E-state index contributed by atoms with van der Waals surface area (Å²) in [4.78, 5) is 11.6. The Morgan fingerprint density at radius 3 is 2.56 bits per heavy atom. The molecule has 1 heterocycles. The zero-order chi connectivity index (χ0) is 12.5. The topological polar surface area (TPSA) is 50.7 Å². The number of halogens is 2. The molecule has 0 radical (unpaired) electrons. The molecule has 2 aromatic rings. The predicted octanol–water partition coefficient (Wildman–Crippen LogP) is 2.93. The lowest BCUT2D eigenvalue weighted by molar-refractivity contribution is 0.633. The van der Waals surface area contributed by atoms with Crippen molar-refractivity contribution in [2.45, 2.75) is 12.3 Å². The number of anilines is 1. The number of aromatic nitrogens is 3. The van der Waals surface area contributed by atoms with Crippen LogP contribution in [0.1, 0.15) is 17.0 Å². The second-order valence-electron chi connectivity index (χ2n) is 4.18. The summed E-state index contributed by atoms with van der Waals surface area (Å²) in [5.41, 5.74) is 2.80. The van der Waals surface area contributed by atoms with Crippen molar-refractivity contribution in [1.82, 2.24) is 15.0 Å². The molecule has 1 aromatic heterocycles. The molecule has 1 N–H and O–H groups in total. The third kappa shape index (κ3) is 2.26. The van der Waals surface area contributed by atoms with E-state index in [1.165, 1.54) is 11.1 Å². The average Bonchev–Trinajstić information content (AvgIpc) is 2.29. The molecule has 0 saturated carbocycles. The monoisotopic (exact) mass is 280 g/mol. The molecule has 0 spiro atoms. The van der Waals surface area contributed by atoms with Crippen molar-refractivity contribution in [3.8, 4) is 0 Å². The van der Waals surface area contributed by atoms with E-state index in [1.54, 1.807) is 0 Å². The molecular formula is C12H10Cl2N4. The van der Waals surface area contributed by atoms with E-state index in [2.05, 4.69) is 44.5 Å². The Bertz CT molecular complexity index is 568. The number of nitrogens with one attached hydrogen (secondary N) is 1. The lowest BCUT2D eigenvalue weighted by Gasteiger charge is -2.30. The van der Waals surface area contributed by atoms with Crippen LogP contribution in [0, 0.1) is 0 Å². The molecule has 0 fully saturated rings. The van der Waals surface area contributed by atoms with E-state index in [-0.39, 0.29) is 10.6 Å². The van der Waals surface area contributed by atoms with Crippen LogP contribution in [0.2, 0.25) is 10.6 Å². The van der Waals surface area contributed by atoms with Crippen molar-refractivity contribution in [1.29, 1.82) is 0 Å². The maximum absolute atomic E-state index is 5.71. The molecule has 1 atom stereocenters. The summed E-state index contributed by atoms with van der Waals surface area (Å²) < 4.78 is 0. The Hall–Kier alpha value is -1.39. The number of hydrogen-bond acceptors (Lipinski definition) is 4. The van der Waals surface area contributed by atoms with Crippen LogP contribution in [-0.4, -0.2) is 21.5 Å². The molecular weight excluding hydrogens is 271 g/mol. The smallest absolute Gasteiger partial charge is 0.228 e. The zero-order valence-electron chi connectivity index (χ0n) is 9.40. The highest BCUT2D eigenvalue weighted by molar-refractivity contribution is 6.31. The van der Waals surface area contributed by atoms with E-state index < -0.39 is 0 Å². The molecule has 92 valence electrons. The minimum absolute atomic E-state index is 0.103. The van der Waals surface area contributed by atoms with Gasteiger partial charge in [-0.15, -0.1) is 0 Å². The maximum atomic E-state index is 5.71. The van der Waals surface area contributed by atoms with Crippen LogP contribution in [0.4, 0.5) is 5.95 Å². The van der Waals surface area contributed by atoms with E-state index in [9.17, 15) is 0 Å². The van der Waals surface area contributed by atoms with Crippen molar-refractivity contribution in [2.75, 3.05) is 11.9 Å². The molecule has 0 amide bonds. The second kappa shape index (κ2) is 4.71. The van der Waals surface area contributed by atoms with Crippen molar-refractivity contribution >= 4 is 29.2 Å². The Kier molecular flexibility index (Phi) is 3.06. The van der Waals surface area contributed by atoms with Gasteiger partial charge in [-0.1, -0.05) is 24.3 Å². The van der Waals surface area contributed by atoms with E-state index in [0.29, 0.717) is 11.9 Å². The third-order valence-corrected chi connectivity index (χ3v) is 3.39. The van der Waals surface area contributed by atoms with Crippen LogP contribution < -0.4 is 5.32 Å². The van der Waals surface area contributed by atoms with E-state index in [4.69, 9.17) is 23.2 Å². The Labute approximate surface area is 114 Å². The van der Waals surface area contributed by atoms with Gasteiger partial charge in [0, 0.05) is 12.5 Å². The highest BCUT2D eigenvalue weighted by Crippen LogP contribution is 2.34. The highest BCUT2D eigenvalue weighted by atomic mass is 35.5. The quantitative estimate of drug-likeness (QED) is 0.939. The van der Waals surface area contributed by atoms with Gasteiger partial charge in [0.05, 0.1) is 0 Å². The predicted molar refractivity (Wildman–Crippen MR) is 71.2 cm³/mol. The van der Waals surface area contributed by atoms with E-state index in [0.717, 1.165) is 13.0 Å². The van der Waals surface area contributed by atoms with Gasteiger partial charge in [0.1, 0.15) is 0 Å².